The number of aromatic nitrogens is 2. The maximum atomic E-state index is 12.7. The summed E-state index contributed by atoms with van der Waals surface area (Å²) in [4.78, 5) is 32.7. The summed E-state index contributed by atoms with van der Waals surface area (Å²) in [5, 5.41) is 24.7. The fraction of sp³-hybridized carbons (Fsp3) is 0.333. The summed E-state index contributed by atoms with van der Waals surface area (Å²) >= 11 is 0. The quantitative estimate of drug-likeness (QED) is 0.501. The highest BCUT2D eigenvalue weighted by molar-refractivity contribution is 6.43. The summed E-state index contributed by atoms with van der Waals surface area (Å²) in [5.41, 5.74) is 0.991. The second-order valence-electron chi connectivity index (χ2n) is 6.81. The number of amides is 2. The van der Waals surface area contributed by atoms with Gasteiger partial charge in [-0.05, 0) is 31.7 Å². The predicted octanol–water partition coefficient (Wildman–Crippen LogP) is -0.213. The lowest BCUT2D eigenvalue weighted by atomic mass is 9.75. The number of hydrogen-bond donors (Lipinski definition) is 4. The van der Waals surface area contributed by atoms with Crippen molar-refractivity contribution in [3.63, 3.8) is 0 Å². The first-order valence-corrected chi connectivity index (χ1v) is 8.71. The Labute approximate surface area is 157 Å². The van der Waals surface area contributed by atoms with E-state index >= 15 is 0 Å². The molecule has 8 nitrogen and oxygen atoms in total. The van der Waals surface area contributed by atoms with Crippen LogP contribution >= 0.6 is 0 Å². The van der Waals surface area contributed by atoms with Crippen LogP contribution in [0.15, 0.2) is 42.9 Å². The molecule has 27 heavy (non-hydrogen) atoms. The Balaban J connectivity index is 1.65. The van der Waals surface area contributed by atoms with Crippen molar-refractivity contribution < 1.29 is 19.6 Å². The molecule has 0 unspecified atom stereocenters. The summed E-state index contributed by atoms with van der Waals surface area (Å²) < 4.78 is 0. The Hall–Kier alpha value is -2.78. The number of benzene rings is 1. The Morgan fingerprint density at radius 1 is 1.30 bits per heavy atom. The van der Waals surface area contributed by atoms with E-state index < -0.39 is 30.4 Å². The van der Waals surface area contributed by atoms with Gasteiger partial charge in [0.15, 0.2) is 0 Å². The zero-order valence-electron chi connectivity index (χ0n) is 14.9. The molecule has 1 heterocycles. The third kappa shape index (κ3) is 4.69. The lowest BCUT2D eigenvalue weighted by Gasteiger charge is -2.23. The van der Waals surface area contributed by atoms with E-state index in [0.717, 1.165) is 11.1 Å². The molecular weight excluding hydrogens is 347 g/mol. The van der Waals surface area contributed by atoms with Gasteiger partial charge in [-0.25, -0.2) is 4.98 Å². The summed E-state index contributed by atoms with van der Waals surface area (Å²) in [6.45, 7) is 1.94. The van der Waals surface area contributed by atoms with Gasteiger partial charge in [0, 0.05) is 12.4 Å². The van der Waals surface area contributed by atoms with Crippen LogP contribution in [0.2, 0.25) is 0 Å². The van der Waals surface area contributed by atoms with Crippen molar-refractivity contribution in [1.29, 1.82) is 0 Å². The van der Waals surface area contributed by atoms with E-state index in [1.165, 1.54) is 18.6 Å². The second-order valence-corrected chi connectivity index (χ2v) is 6.81. The molecule has 1 aromatic carbocycles. The number of nitrogens with one attached hydrogen (secondary N) is 2. The van der Waals surface area contributed by atoms with E-state index in [1.807, 2.05) is 31.2 Å². The molecule has 2 amide bonds. The molecule has 0 bridgehead atoms. The summed E-state index contributed by atoms with van der Waals surface area (Å²) in [6, 6.07) is 7.59. The molecule has 0 spiro atoms. The molecule has 1 aliphatic carbocycles. The largest absolute Gasteiger partial charge is 0.475 e. The van der Waals surface area contributed by atoms with Crippen molar-refractivity contribution in [3.8, 4) is 0 Å². The van der Waals surface area contributed by atoms with Crippen molar-refractivity contribution in [2.75, 3.05) is 0 Å². The number of carbonyl (C=O) groups is 2. The summed E-state index contributed by atoms with van der Waals surface area (Å²) in [6.07, 6.45) is 5.39. The minimum absolute atomic E-state index is 0.120. The molecule has 0 aliphatic heterocycles. The van der Waals surface area contributed by atoms with E-state index in [0.29, 0.717) is 12.8 Å². The molecule has 140 valence electrons. The molecule has 1 fully saturated rings. The van der Waals surface area contributed by atoms with Crippen LogP contribution in [-0.2, 0) is 11.2 Å². The molecule has 4 N–H and O–H groups in total. The van der Waals surface area contributed by atoms with Crippen LogP contribution in [0, 0.1) is 6.92 Å². The lowest BCUT2D eigenvalue weighted by molar-refractivity contribution is -0.124. The van der Waals surface area contributed by atoms with Crippen LogP contribution in [-0.4, -0.2) is 50.4 Å². The second kappa shape index (κ2) is 7.85. The SMILES string of the molecule is Cc1cccc(C[C@H](NC(=O)C2(NC(=O)c3cnccn3)CC2)B(O)O)c1. The number of nitrogens with zero attached hydrogens (tertiary/aromatic N) is 2. The van der Waals surface area contributed by atoms with Gasteiger partial charge >= 0.3 is 7.12 Å². The third-order valence-electron chi connectivity index (χ3n) is 4.55. The Kier molecular flexibility index (Phi) is 5.52. The maximum Gasteiger partial charge on any atom is 0.475 e. The van der Waals surface area contributed by atoms with Gasteiger partial charge in [0.2, 0.25) is 5.91 Å². The Morgan fingerprint density at radius 3 is 2.67 bits per heavy atom. The smallest absolute Gasteiger partial charge is 0.426 e. The molecule has 3 rings (SSSR count). The fourth-order valence-electron chi connectivity index (χ4n) is 2.86. The first-order chi connectivity index (χ1) is 12.9. The maximum absolute atomic E-state index is 12.7. The first kappa shape index (κ1) is 19.0. The van der Waals surface area contributed by atoms with Crippen molar-refractivity contribution in [3.05, 3.63) is 59.7 Å². The minimum Gasteiger partial charge on any atom is -0.426 e. The van der Waals surface area contributed by atoms with Crippen molar-refractivity contribution >= 4 is 18.9 Å². The zero-order valence-corrected chi connectivity index (χ0v) is 14.9. The van der Waals surface area contributed by atoms with Gasteiger partial charge in [0.05, 0.1) is 12.1 Å². The van der Waals surface area contributed by atoms with Crippen LogP contribution in [0.3, 0.4) is 0 Å². The van der Waals surface area contributed by atoms with Gasteiger partial charge in [-0.1, -0.05) is 29.8 Å². The van der Waals surface area contributed by atoms with Gasteiger partial charge < -0.3 is 20.7 Å². The normalized spacial score (nSPS) is 15.5. The molecule has 1 atom stereocenters. The van der Waals surface area contributed by atoms with Crippen molar-refractivity contribution in [1.82, 2.24) is 20.6 Å². The van der Waals surface area contributed by atoms with E-state index in [4.69, 9.17) is 0 Å². The number of carbonyl (C=O) groups excluding carboxylic acids is 2. The molecule has 0 radical (unpaired) electrons. The average molecular weight is 368 g/mol. The van der Waals surface area contributed by atoms with Crippen molar-refractivity contribution in [2.24, 2.45) is 0 Å². The zero-order chi connectivity index (χ0) is 19.4. The van der Waals surface area contributed by atoms with Crippen LogP contribution in [0.5, 0.6) is 0 Å². The third-order valence-corrected chi connectivity index (χ3v) is 4.55. The van der Waals surface area contributed by atoms with Gasteiger partial charge in [-0.3, -0.25) is 14.6 Å². The van der Waals surface area contributed by atoms with E-state index in [2.05, 4.69) is 20.6 Å². The Bertz CT molecular complexity index is 827. The first-order valence-electron chi connectivity index (χ1n) is 8.71. The van der Waals surface area contributed by atoms with Crippen LogP contribution < -0.4 is 10.6 Å². The molecule has 9 heteroatoms. The molecular formula is C18H21BN4O4. The topological polar surface area (TPSA) is 124 Å². The standard InChI is InChI=1S/C18H21BN4O4/c1-12-3-2-4-13(9-12)10-15(19(26)27)22-17(25)18(5-6-18)23-16(24)14-11-20-7-8-21-14/h2-4,7-9,11,15,26-27H,5-6,10H2,1H3,(H,22,25)(H,23,24)/t15-/m0/s1. The van der Waals surface area contributed by atoms with Crippen LogP contribution in [0.25, 0.3) is 0 Å². The van der Waals surface area contributed by atoms with Gasteiger partial charge in [0.1, 0.15) is 11.2 Å². The fourth-order valence-corrected chi connectivity index (χ4v) is 2.86. The van der Waals surface area contributed by atoms with Gasteiger partial charge in [0.25, 0.3) is 5.91 Å². The number of rotatable bonds is 7. The lowest BCUT2D eigenvalue weighted by Crippen LogP contribution is -2.56. The summed E-state index contributed by atoms with van der Waals surface area (Å²) in [5.74, 6) is -1.81. The predicted molar refractivity (Wildman–Crippen MR) is 98.5 cm³/mol. The summed E-state index contributed by atoms with van der Waals surface area (Å²) in [7, 11) is -1.72. The van der Waals surface area contributed by atoms with Crippen LogP contribution in [0.1, 0.15) is 34.5 Å². The molecule has 0 saturated heterocycles. The number of hydrogen-bond acceptors (Lipinski definition) is 6. The number of aryl methyl sites for hydroxylation is 1. The Morgan fingerprint density at radius 2 is 2.07 bits per heavy atom. The molecule has 1 aliphatic rings. The van der Waals surface area contributed by atoms with Gasteiger partial charge in [-0.2, -0.15) is 0 Å². The molecule has 1 aromatic heterocycles. The van der Waals surface area contributed by atoms with Crippen LogP contribution in [0.4, 0.5) is 0 Å². The highest BCUT2D eigenvalue weighted by Crippen LogP contribution is 2.36. The highest BCUT2D eigenvalue weighted by Gasteiger charge is 2.52. The monoisotopic (exact) mass is 368 g/mol. The van der Waals surface area contributed by atoms with E-state index in [9.17, 15) is 19.6 Å². The van der Waals surface area contributed by atoms with Crippen molar-refractivity contribution in [2.45, 2.75) is 37.7 Å². The highest BCUT2D eigenvalue weighted by atomic mass is 16.4. The van der Waals surface area contributed by atoms with Gasteiger partial charge in [-0.15, -0.1) is 0 Å². The van der Waals surface area contributed by atoms with E-state index in [-0.39, 0.29) is 12.1 Å². The average Bonchev–Trinajstić information content (AvgIpc) is 3.42. The molecule has 1 saturated carbocycles. The molecule has 2 aromatic rings. The van der Waals surface area contributed by atoms with E-state index in [1.54, 1.807) is 0 Å². The minimum atomic E-state index is -1.72.